The molecule has 1 heterocycles. The molecule has 1 aromatic heterocycles. The fraction of sp³-hybridized carbons (Fsp3) is 0.129. The summed E-state index contributed by atoms with van der Waals surface area (Å²) in [7, 11) is 0. The van der Waals surface area contributed by atoms with Crippen molar-refractivity contribution in [3.63, 3.8) is 0 Å². The van der Waals surface area contributed by atoms with Crippen LogP contribution in [-0.4, -0.2) is 17.0 Å². The summed E-state index contributed by atoms with van der Waals surface area (Å²) in [4.78, 5) is 17.0. The standard InChI is InChI=1S/C31H27ClN2O2/c1-21-15-17-24(18-16-21)31(23-9-3-2-4-10-23,26-12-6-7-13-27(26)32)36-30(35)28(33)19-22-20-34-29-14-8-5-11-25(22)29/h2-18,20,28,34H,19,33H2,1H3/t28-,31?/m1/s1. The molecule has 0 aliphatic rings. The maximum absolute atomic E-state index is 13.7. The molecule has 0 aliphatic carbocycles. The van der Waals surface area contributed by atoms with Crippen LogP contribution in [-0.2, 0) is 21.6 Å². The van der Waals surface area contributed by atoms with Crippen molar-refractivity contribution in [2.75, 3.05) is 0 Å². The number of hydrogen-bond donors (Lipinski definition) is 2. The molecule has 2 atom stereocenters. The average molecular weight is 495 g/mol. The van der Waals surface area contributed by atoms with Crippen LogP contribution in [0.4, 0.5) is 0 Å². The highest BCUT2D eigenvalue weighted by atomic mass is 35.5. The van der Waals surface area contributed by atoms with Gasteiger partial charge in [-0.25, -0.2) is 0 Å². The van der Waals surface area contributed by atoms with E-state index in [4.69, 9.17) is 22.1 Å². The molecule has 5 aromatic rings. The van der Waals surface area contributed by atoms with Crippen LogP contribution in [0.5, 0.6) is 0 Å². The van der Waals surface area contributed by atoms with E-state index in [2.05, 4.69) is 4.98 Å². The van der Waals surface area contributed by atoms with Crippen LogP contribution in [0.2, 0.25) is 5.02 Å². The van der Waals surface area contributed by atoms with Gasteiger partial charge < -0.3 is 15.5 Å². The van der Waals surface area contributed by atoms with Crippen molar-refractivity contribution in [3.05, 3.63) is 142 Å². The van der Waals surface area contributed by atoms with Crippen LogP contribution in [0.25, 0.3) is 10.9 Å². The lowest BCUT2D eigenvalue weighted by Gasteiger charge is -2.36. The van der Waals surface area contributed by atoms with Crippen molar-refractivity contribution < 1.29 is 9.53 Å². The molecular formula is C31H27ClN2O2. The Balaban J connectivity index is 1.60. The van der Waals surface area contributed by atoms with Crippen LogP contribution in [0.3, 0.4) is 0 Å². The van der Waals surface area contributed by atoms with Gasteiger partial charge in [-0.2, -0.15) is 0 Å². The van der Waals surface area contributed by atoms with Crippen LogP contribution in [0, 0.1) is 6.92 Å². The topological polar surface area (TPSA) is 68.1 Å². The third kappa shape index (κ3) is 4.41. The van der Waals surface area contributed by atoms with Gasteiger partial charge in [-0.05, 0) is 24.6 Å². The summed E-state index contributed by atoms with van der Waals surface area (Å²) in [5.41, 5.74) is 10.5. The number of nitrogens with two attached hydrogens (primary N) is 1. The molecule has 180 valence electrons. The van der Waals surface area contributed by atoms with Gasteiger partial charge in [-0.1, -0.05) is 108 Å². The normalized spacial score (nSPS) is 13.8. The second-order valence-electron chi connectivity index (χ2n) is 8.98. The highest BCUT2D eigenvalue weighted by Gasteiger charge is 2.43. The number of para-hydroxylation sites is 1. The zero-order valence-corrected chi connectivity index (χ0v) is 20.7. The minimum Gasteiger partial charge on any atom is -0.443 e. The molecule has 1 unspecified atom stereocenters. The number of halogens is 1. The van der Waals surface area contributed by atoms with E-state index >= 15 is 0 Å². The lowest BCUT2D eigenvalue weighted by molar-refractivity contribution is -0.155. The fourth-order valence-electron chi connectivity index (χ4n) is 4.71. The van der Waals surface area contributed by atoms with E-state index in [0.717, 1.165) is 33.2 Å². The molecule has 36 heavy (non-hydrogen) atoms. The second-order valence-corrected chi connectivity index (χ2v) is 9.39. The van der Waals surface area contributed by atoms with Crippen molar-refractivity contribution in [1.29, 1.82) is 0 Å². The van der Waals surface area contributed by atoms with E-state index in [0.29, 0.717) is 17.0 Å². The smallest absolute Gasteiger partial charge is 0.324 e. The Bertz CT molecular complexity index is 1490. The van der Waals surface area contributed by atoms with Gasteiger partial charge in [0.05, 0.1) is 0 Å². The third-order valence-corrected chi connectivity index (χ3v) is 6.89. The fourth-order valence-corrected chi connectivity index (χ4v) is 4.97. The minimum absolute atomic E-state index is 0.337. The van der Waals surface area contributed by atoms with Crippen LogP contribution >= 0.6 is 11.6 Å². The molecule has 0 amide bonds. The van der Waals surface area contributed by atoms with Gasteiger partial charge in [0.1, 0.15) is 6.04 Å². The van der Waals surface area contributed by atoms with Crippen molar-refractivity contribution in [2.45, 2.75) is 25.0 Å². The number of rotatable bonds is 7. The predicted molar refractivity (Wildman–Crippen MR) is 145 cm³/mol. The highest BCUT2D eigenvalue weighted by molar-refractivity contribution is 6.31. The summed E-state index contributed by atoms with van der Waals surface area (Å²) in [6.45, 7) is 2.02. The highest BCUT2D eigenvalue weighted by Crippen LogP contribution is 2.43. The number of aromatic nitrogens is 1. The lowest BCUT2D eigenvalue weighted by Crippen LogP contribution is -2.43. The molecule has 5 heteroatoms. The molecule has 0 fully saturated rings. The molecule has 0 saturated heterocycles. The number of aromatic amines is 1. The number of carbonyl (C=O) groups is 1. The predicted octanol–water partition coefficient (Wildman–Crippen LogP) is 6.53. The summed E-state index contributed by atoms with van der Waals surface area (Å²) in [5.74, 6) is -0.510. The number of carbonyl (C=O) groups excluding carboxylic acids is 1. The quantitative estimate of drug-likeness (QED) is 0.199. The van der Waals surface area contributed by atoms with Gasteiger partial charge in [-0.15, -0.1) is 0 Å². The Morgan fingerprint density at radius 1 is 0.889 bits per heavy atom. The van der Waals surface area contributed by atoms with E-state index in [1.54, 1.807) is 0 Å². The molecule has 0 radical (unpaired) electrons. The zero-order chi connectivity index (χ0) is 25.1. The van der Waals surface area contributed by atoms with Gasteiger partial charge in [0, 0.05) is 45.2 Å². The molecule has 5 rings (SSSR count). The lowest BCUT2D eigenvalue weighted by atomic mass is 9.79. The van der Waals surface area contributed by atoms with Crippen molar-refractivity contribution in [3.8, 4) is 0 Å². The molecule has 3 N–H and O–H groups in total. The first-order chi connectivity index (χ1) is 17.5. The summed E-state index contributed by atoms with van der Waals surface area (Å²) >= 11 is 6.76. The maximum atomic E-state index is 13.7. The van der Waals surface area contributed by atoms with E-state index in [1.807, 2.05) is 116 Å². The largest absolute Gasteiger partial charge is 0.443 e. The van der Waals surface area contributed by atoms with E-state index in [9.17, 15) is 4.79 Å². The molecule has 0 saturated carbocycles. The zero-order valence-electron chi connectivity index (χ0n) is 19.9. The third-order valence-electron chi connectivity index (χ3n) is 6.56. The molecule has 4 aromatic carbocycles. The first kappa shape index (κ1) is 23.9. The number of fused-ring (bicyclic) bond motifs is 1. The first-order valence-electron chi connectivity index (χ1n) is 11.9. The monoisotopic (exact) mass is 494 g/mol. The van der Waals surface area contributed by atoms with Crippen LogP contribution in [0.1, 0.15) is 27.8 Å². The van der Waals surface area contributed by atoms with Gasteiger partial charge in [0.15, 0.2) is 5.60 Å². The Morgan fingerprint density at radius 2 is 1.53 bits per heavy atom. The van der Waals surface area contributed by atoms with Gasteiger partial charge in [0.25, 0.3) is 0 Å². The van der Waals surface area contributed by atoms with Gasteiger partial charge in [0.2, 0.25) is 0 Å². The number of H-pyrrole nitrogens is 1. The van der Waals surface area contributed by atoms with E-state index < -0.39 is 17.6 Å². The van der Waals surface area contributed by atoms with E-state index in [1.165, 1.54) is 0 Å². The van der Waals surface area contributed by atoms with Crippen molar-refractivity contribution in [1.82, 2.24) is 4.98 Å². The van der Waals surface area contributed by atoms with Crippen LogP contribution in [0.15, 0.2) is 109 Å². The average Bonchev–Trinajstić information content (AvgIpc) is 3.31. The number of aryl methyl sites for hydroxylation is 1. The molecular weight excluding hydrogens is 468 g/mol. The minimum atomic E-state index is -1.28. The van der Waals surface area contributed by atoms with Crippen LogP contribution < -0.4 is 5.73 Å². The summed E-state index contributed by atoms with van der Waals surface area (Å²) in [6.07, 6.45) is 2.24. The Labute approximate surface area is 215 Å². The number of ether oxygens (including phenoxy) is 1. The molecule has 0 bridgehead atoms. The number of hydrogen-bond acceptors (Lipinski definition) is 3. The maximum Gasteiger partial charge on any atom is 0.324 e. The number of nitrogens with one attached hydrogen (secondary N) is 1. The summed E-state index contributed by atoms with van der Waals surface area (Å²) in [6, 6.07) is 32.2. The second kappa shape index (κ2) is 10.0. The molecule has 0 spiro atoms. The van der Waals surface area contributed by atoms with Crippen molar-refractivity contribution in [2.24, 2.45) is 5.73 Å². The summed E-state index contributed by atoms with van der Waals surface area (Å²) in [5, 5.41) is 1.54. The Hall–Kier alpha value is -3.86. The number of esters is 1. The van der Waals surface area contributed by atoms with Crippen molar-refractivity contribution >= 4 is 28.5 Å². The molecule has 0 aliphatic heterocycles. The molecule has 4 nitrogen and oxygen atoms in total. The summed E-state index contributed by atoms with van der Waals surface area (Å²) < 4.78 is 6.48. The SMILES string of the molecule is Cc1ccc(C(OC(=O)[C@H](N)Cc2c[nH]c3ccccc23)(c2ccccc2)c2ccccc2Cl)cc1. The number of benzene rings is 4. The van der Waals surface area contributed by atoms with E-state index in [-0.39, 0.29) is 0 Å². The Kier molecular flexibility index (Phi) is 6.64. The van der Waals surface area contributed by atoms with Gasteiger partial charge in [-0.3, -0.25) is 4.79 Å². The van der Waals surface area contributed by atoms with Gasteiger partial charge >= 0.3 is 5.97 Å². The first-order valence-corrected chi connectivity index (χ1v) is 12.3. The Morgan fingerprint density at radius 3 is 2.28 bits per heavy atom.